The first-order valence-corrected chi connectivity index (χ1v) is 7.31. The number of hydrogen-bond donors (Lipinski definition) is 2. The first kappa shape index (κ1) is 13.8. The lowest BCUT2D eigenvalue weighted by atomic mass is 9.97. The maximum Gasteiger partial charge on any atom is 0.227 e. The molecule has 2 aliphatic rings. The molecule has 0 aromatic heterocycles. The molecule has 2 N–H and O–H groups in total. The van der Waals surface area contributed by atoms with Crippen LogP contribution < -0.4 is 10.6 Å². The van der Waals surface area contributed by atoms with Crippen LogP contribution in [0.1, 0.15) is 33.1 Å². The minimum atomic E-state index is -0.0124. The fraction of sp³-hybridized carbons (Fsp3) is 0.929. The van der Waals surface area contributed by atoms with Crippen LogP contribution in [0.15, 0.2) is 0 Å². The van der Waals surface area contributed by atoms with Crippen molar-refractivity contribution in [2.45, 2.75) is 39.2 Å². The summed E-state index contributed by atoms with van der Waals surface area (Å²) in [5, 5.41) is 6.45. The zero-order valence-corrected chi connectivity index (χ0v) is 11.6. The van der Waals surface area contributed by atoms with E-state index in [0.29, 0.717) is 19.1 Å². The van der Waals surface area contributed by atoms with Crippen molar-refractivity contribution >= 4 is 5.91 Å². The summed E-state index contributed by atoms with van der Waals surface area (Å²) in [6.07, 6.45) is 3.89. The highest BCUT2D eigenvalue weighted by Gasteiger charge is 2.34. The minimum Gasteiger partial charge on any atom is -0.379 e. The van der Waals surface area contributed by atoms with Crippen molar-refractivity contribution in [2.75, 3.05) is 26.3 Å². The van der Waals surface area contributed by atoms with E-state index >= 15 is 0 Å². The van der Waals surface area contributed by atoms with Gasteiger partial charge in [0.2, 0.25) is 5.91 Å². The molecule has 0 aromatic rings. The van der Waals surface area contributed by atoms with Gasteiger partial charge in [-0.1, -0.05) is 26.7 Å². The molecule has 1 heterocycles. The highest BCUT2D eigenvalue weighted by Crippen LogP contribution is 2.30. The second-order valence-corrected chi connectivity index (χ2v) is 5.72. The number of likely N-dealkylation sites (N-methyl/N-ethyl adjacent to an activating group) is 1. The predicted molar refractivity (Wildman–Crippen MR) is 71.3 cm³/mol. The van der Waals surface area contributed by atoms with Gasteiger partial charge >= 0.3 is 0 Å². The second-order valence-electron chi connectivity index (χ2n) is 5.72. The van der Waals surface area contributed by atoms with Gasteiger partial charge in [0.25, 0.3) is 0 Å². The van der Waals surface area contributed by atoms with Crippen molar-refractivity contribution in [2.24, 2.45) is 17.8 Å². The van der Waals surface area contributed by atoms with Crippen LogP contribution in [-0.2, 0) is 9.53 Å². The van der Waals surface area contributed by atoms with Crippen molar-refractivity contribution in [1.82, 2.24) is 10.6 Å². The maximum atomic E-state index is 12.2. The lowest BCUT2D eigenvalue weighted by Crippen LogP contribution is -2.45. The molecule has 4 unspecified atom stereocenters. The zero-order chi connectivity index (χ0) is 13.0. The molecular weight excluding hydrogens is 228 g/mol. The van der Waals surface area contributed by atoms with E-state index in [9.17, 15) is 4.79 Å². The number of amides is 1. The van der Waals surface area contributed by atoms with Gasteiger partial charge in [-0.25, -0.2) is 0 Å². The maximum absolute atomic E-state index is 12.2. The Hall–Kier alpha value is -0.610. The Morgan fingerprint density at radius 3 is 2.83 bits per heavy atom. The van der Waals surface area contributed by atoms with Gasteiger partial charge in [-0.15, -0.1) is 0 Å². The Morgan fingerprint density at radius 2 is 2.17 bits per heavy atom. The number of ether oxygens (including phenoxy) is 1. The highest BCUT2D eigenvalue weighted by atomic mass is 16.5. The van der Waals surface area contributed by atoms with E-state index in [1.54, 1.807) is 0 Å². The van der Waals surface area contributed by atoms with Crippen molar-refractivity contribution in [3.63, 3.8) is 0 Å². The van der Waals surface area contributed by atoms with Gasteiger partial charge in [0, 0.05) is 12.6 Å². The Bertz CT molecular complexity index is 283. The molecule has 0 bridgehead atoms. The van der Waals surface area contributed by atoms with Crippen LogP contribution in [0.5, 0.6) is 0 Å². The van der Waals surface area contributed by atoms with E-state index in [1.165, 1.54) is 19.3 Å². The van der Waals surface area contributed by atoms with Crippen LogP contribution in [0.25, 0.3) is 0 Å². The average Bonchev–Trinajstić information content (AvgIpc) is 2.96. The molecule has 4 nitrogen and oxygen atoms in total. The lowest BCUT2D eigenvalue weighted by molar-refractivity contribution is -0.125. The SMILES string of the molecule is CCNC1COCC1C(=O)NCC1CCCC1C. The molecule has 1 amide bonds. The van der Waals surface area contributed by atoms with Crippen LogP contribution >= 0.6 is 0 Å². The van der Waals surface area contributed by atoms with Gasteiger partial charge in [-0.3, -0.25) is 4.79 Å². The summed E-state index contributed by atoms with van der Waals surface area (Å²) in [5.41, 5.74) is 0. The molecule has 1 aliphatic heterocycles. The third kappa shape index (κ3) is 3.23. The summed E-state index contributed by atoms with van der Waals surface area (Å²) in [6, 6.07) is 0.191. The van der Waals surface area contributed by atoms with Crippen LogP contribution in [0, 0.1) is 17.8 Å². The third-order valence-electron chi connectivity index (χ3n) is 4.46. The van der Waals surface area contributed by atoms with Crippen molar-refractivity contribution in [1.29, 1.82) is 0 Å². The number of carbonyl (C=O) groups excluding carboxylic acids is 1. The van der Waals surface area contributed by atoms with Crippen LogP contribution in [0.3, 0.4) is 0 Å². The van der Waals surface area contributed by atoms with Crippen LogP contribution in [0.4, 0.5) is 0 Å². The van der Waals surface area contributed by atoms with Gasteiger partial charge < -0.3 is 15.4 Å². The first-order chi connectivity index (χ1) is 8.72. The molecule has 1 saturated heterocycles. The lowest BCUT2D eigenvalue weighted by Gasteiger charge is -2.20. The summed E-state index contributed by atoms with van der Waals surface area (Å²) in [4.78, 5) is 12.2. The second kappa shape index (κ2) is 6.53. The largest absolute Gasteiger partial charge is 0.379 e. The fourth-order valence-electron chi connectivity index (χ4n) is 3.16. The molecule has 0 spiro atoms. The van der Waals surface area contributed by atoms with E-state index in [4.69, 9.17) is 4.74 Å². The van der Waals surface area contributed by atoms with Gasteiger partial charge in [0.1, 0.15) is 0 Å². The molecule has 0 aromatic carbocycles. The molecular formula is C14H26N2O2. The van der Waals surface area contributed by atoms with E-state index in [1.807, 2.05) is 0 Å². The Labute approximate surface area is 110 Å². The van der Waals surface area contributed by atoms with E-state index in [-0.39, 0.29) is 17.9 Å². The smallest absolute Gasteiger partial charge is 0.227 e. The molecule has 2 rings (SSSR count). The average molecular weight is 254 g/mol. The quantitative estimate of drug-likeness (QED) is 0.774. The topological polar surface area (TPSA) is 50.4 Å². The van der Waals surface area contributed by atoms with Gasteiger partial charge in [0.15, 0.2) is 0 Å². The summed E-state index contributed by atoms with van der Waals surface area (Å²) >= 11 is 0. The van der Waals surface area contributed by atoms with Gasteiger partial charge in [0.05, 0.1) is 19.1 Å². The van der Waals surface area contributed by atoms with Crippen molar-refractivity contribution in [3.8, 4) is 0 Å². The Morgan fingerprint density at radius 1 is 1.33 bits per heavy atom. The Kier molecular flexibility index (Phi) is 5.01. The molecule has 1 saturated carbocycles. The molecule has 2 fully saturated rings. The summed E-state index contributed by atoms with van der Waals surface area (Å²) in [6.45, 7) is 7.31. The van der Waals surface area contributed by atoms with Gasteiger partial charge in [-0.2, -0.15) is 0 Å². The van der Waals surface area contributed by atoms with E-state index in [0.717, 1.165) is 19.0 Å². The normalized spacial score (nSPS) is 35.9. The molecule has 18 heavy (non-hydrogen) atoms. The Balaban J connectivity index is 1.76. The van der Waals surface area contributed by atoms with Gasteiger partial charge in [-0.05, 0) is 24.8 Å². The first-order valence-electron chi connectivity index (χ1n) is 7.31. The zero-order valence-electron chi connectivity index (χ0n) is 11.6. The predicted octanol–water partition coefficient (Wildman–Crippen LogP) is 1.16. The molecule has 4 atom stereocenters. The number of carbonyl (C=O) groups is 1. The van der Waals surface area contributed by atoms with Crippen LogP contribution in [0.2, 0.25) is 0 Å². The van der Waals surface area contributed by atoms with E-state index in [2.05, 4.69) is 24.5 Å². The molecule has 0 radical (unpaired) electrons. The third-order valence-corrected chi connectivity index (χ3v) is 4.46. The van der Waals surface area contributed by atoms with Crippen molar-refractivity contribution in [3.05, 3.63) is 0 Å². The highest BCUT2D eigenvalue weighted by molar-refractivity contribution is 5.79. The molecule has 1 aliphatic carbocycles. The number of nitrogens with one attached hydrogen (secondary N) is 2. The number of rotatable bonds is 5. The van der Waals surface area contributed by atoms with Crippen LogP contribution in [-0.4, -0.2) is 38.3 Å². The standard InChI is InChI=1S/C14H26N2O2/c1-3-15-13-9-18-8-12(13)14(17)16-7-11-6-4-5-10(11)2/h10-13,15H,3-9H2,1-2H3,(H,16,17). The minimum absolute atomic E-state index is 0.0124. The fourth-order valence-corrected chi connectivity index (χ4v) is 3.16. The summed E-state index contributed by atoms with van der Waals surface area (Å²) < 4.78 is 5.41. The summed E-state index contributed by atoms with van der Waals surface area (Å²) in [5.74, 6) is 1.59. The van der Waals surface area contributed by atoms with E-state index < -0.39 is 0 Å². The monoisotopic (exact) mass is 254 g/mol. The number of hydrogen-bond acceptors (Lipinski definition) is 3. The summed E-state index contributed by atoms with van der Waals surface area (Å²) in [7, 11) is 0. The molecule has 4 heteroatoms. The molecule has 104 valence electrons. The van der Waals surface area contributed by atoms with Crippen molar-refractivity contribution < 1.29 is 9.53 Å².